The molecule has 0 spiro atoms. The number of hydrogen-bond acceptors (Lipinski definition) is 3. The number of aliphatic hydroxyl groups is 1. The summed E-state index contributed by atoms with van der Waals surface area (Å²) in [6, 6.07) is 4.83. The van der Waals surface area contributed by atoms with Gasteiger partial charge in [0.15, 0.2) is 5.96 Å². The van der Waals surface area contributed by atoms with Crippen LogP contribution in [0.1, 0.15) is 30.9 Å². The first-order valence-corrected chi connectivity index (χ1v) is 8.20. The van der Waals surface area contributed by atoms with Gasteiger partial charge in [-0.15, -0.1) is 0 Å². The standard InChI is InChI=1S/C17H25FN4O2/c1-3-16(24)22-7-6-14(10-22)21-17(19-2)20-9-12-4-5-15(18)13(8-12)11-23/h4-5,8,14,23H,3,6-7,9-11H2,1-2H3,(H2,19,20,21). The lowest BCUT2D eigenvalue weighted by atomic mass is 10.1. The van der Waals surface area contributed by atoms with Crippen LogP contribution in [0.4, 0.5) is 4.39 Å². The van der Waals surface area contributed by atoms with Crippen LogP contribution in [0, 0.1) is 5.82 Å². The van der Waals surface area contributed by atoms with E-state index in [4.69, 9.17) is 5.11 Å². The first-order valence-electron chi connectivity index (χ1n) is 8.20. The third-order valence-electron chi connectivity index (χ3n) is 4.15. The second-order valence-electron chi connectivity index (χ2n) is 5.83. The molecule has 0 aromatic heterocycles. The van der Waals surface area contributed by atoms with E-state index in [1.165, 1.54) is 6.07 Å². The maximum atomic E-state index is 13.4. The van der Waals surface area contributed by atoms with E-state index in [1.807, 2.05) is 11.8 Å². The summed E-state index contributed by atoms with van der Waals surface area (Å²) >= 11 is 0. The number of carbonyl (C=O) groups is 1. The first kappa shape index (κ1) is 18.2. The van der Waals surface area contributed by atoms with E-state index in [9.17, 15) is 9.18 Å². The van der Waals surface area contributed by atoms with E-state index in [0.29, 0.717) is 25.5 Å². The van der Waals surface area contributed by atoms with Crippen LogP contribution in [0.25, 0.3) is 0 Å². The van der Waals surface area contributed by atoms with Crippen LogP contribution in [0.3, 0.4) is 0 Å². The molecule has 6 nitrogen and oxygen atoms in total. The lowest BCUT2D eigenvalue weighted by Crippen LogP contribution is -2.44. The minimum atomic E-state index is -0.407. The number of aliphatic imine (C=N–C) groups is 1. The molecule has 1 aliphatic rings. The molecule has 1 atom stereocenters. The Morgan fingerprint density at radius 3 is 2.96 bits per heavy atom. The molecular formula is C17H25FN4O2. The average molecular weight is 336 g/mol. The number of halogens is 1. The Labute approximate surface area is 141 Å². The Hall–Kier alpha value is -2.15. The van der Waals surface area contributed by atoms with Crippen LogP contribution in [0.15, 0.2) is 23.2 Å². The van der Waals surface area contributed by atoms with Crippen molar-refractivity contribution in [3.8, 4) is 0 Å². The topological polar surface area (TPSA) is 77.0 Å². The van der Waals surface area contributed by atoms with E-state index in [0.717, 1.165) is 18.5 Å². The van der Waals surface area contributed by atoms with E-state index >= 15 is 0 Å². The molecule has 0 aliphatic carbocycles. The molecule has 0 saturated carbocycles. The number of rotatable bonds is 5. The first-order chi connectivity index (χ1) is 11.6. The van der Waals surface area contributed by atoms with Gasteiger partial charge in [-0.2, -0.15) is 0 Å². The van der Waals surface area contributed by atoms with Crippen molar-refractivity contribution < 1.29 is 14.3 Å². The highest BCUT2D eigenvalue weighted by Gasteiger charge is 2.25. The molecule has 1 fully saturated rings. The molecule has 2 rings (SSSR count). The van der Waals surface area contributed by atoms with Crippen molar-refractivity contribution in [3.63, 3.8) is 0 Å². The Balaban J connectivity index is 1.86. The number of nitrogens with zero attached hydrogens (tertiary/aromatic N) is 2. The Morgan fingerprint density at radius 2 is 2.29 bits per heavy atom. The van der Waals surface area contributed by atoms with Crippen LogP contribution < -0.4 is 10.6 Å². The highest BCUT2D eigenvalue weighted by molar-refractivity contribution is 5.80. The molecule has 0 radical (unpaired) electrons. The monoisotopic (exact) mass is 336 g/mol. The number of hydrogen-bond donors (Lipinski definition) is 3. The fourth-order valence-electron chi connectivity index (χ4n) is 2.76. The Bertz CT molecular complexity index is 606. The van der Waals surface area contributed by atoms with Gasteiger partial charge in [-0.3, -0.25) is 9.79 Å². The van der Waals surface area contributed by atoms with Crippen LogP contribution >= 0.6 is 0 Å². The van der Waals surface area contributed by atoms with Gasteiger partial charge in [-0.05, 0) is 24.1 Å². The fourth-order valence-corrected chi connectivity index (χ4v) is 2.76. The van der Waals surface area contributed by atoms with Crippen LogP contribution in [0.5, 0.6) is 0 Å². The number of likely N-dealkylation sites (tertiary alicyclic amines) is 1. The molecule has 3 N–H and O–H groups in total. The zero-order chi connectivity index (χ0) is 17.5. The number of aliphatic hydroxyl groups excluding tert-OH is 1. The summed E-state index contributed by atoms with van der Waals surface area (Å²) < 4.78 is 13.4. The summed E-state index contributed by atoms with van der Waals surface area (Å²) in [5.41, 5.74) is 1.14. The zero-order valence-corrected chi connectivity index (χ0v) is 14.2. The second-order valence-corrected chi connectivity index (χ2v) is 5.83. The third-order valence-corrected chi connectivity index (χ3v) is 4.15. The number of benzene rings is 1. The summed E-state index contributed by atoms with van der Waals surface area (Å²) in [5, 5.41) is 15.6. The molecule has 1 aromatic rings. The van der Waals surface area contributed by atoms with Gasteiger partial charge in [-0.1, -0.05) is 13.0 Å². The van der Waals surface area contributed by atoms with Crippen molar-refractivity contribution in [1.29, 1.82) is 0 Å². The highest BCUT2D eigenvalue weighted by atomic mass is 19.1. The van der Waals surface area contributed by atoms with Gasteiger partial charge in [0.05, 0.1) is 6.61 Å². The average Bonchev–Trinajstić information content (AvgIpc) is 3.07. The van der Waals surface area contributed by atoms with E-state index in [1.54, 1.807) is 19.2 Å². The number of guanidine groups is 1. The van der Waals surface area contributed by atoms with Crippen molar-refractivity contribution in [2.24, 2.45) is 4.99 Å². The lowest BCUT2D eigenvalue weighted by molar-refractivity contribution is -0.129. The molecule has 1 heterocycles. The van der Waals surface area contributed by atoms with Gasteiger partial charge in [0.1, 0.15) is 5.82 Å². The van der Waals surface area contributed by atoms with Gasteiger partial charge < -0.3 is 20.6 Å². The molecule has 1 saturated heterocycles. The third kappa shape index (κ3) is 4.67. The quantitative estimate of drug-likeness (QED) is 0.554. The Kier molecular flexibility index (Phi) is 6.54. The summed E-state index contributed by atoms with van der Waals surface area (Å²) in [5.74, 6) is 0.404. The molecule has 1 aliphatic heterocycles. The molecule has 1 unspecified atom stereocenters. The van der Waals surface area contributed by atoms with Gasteiger partial charge >= 0.3 is 0 Å². The van der Waals surface area contributed by atoms with Crippen molar-refractivity contribution in [3.05, 3.63) is 35.1 Å². The summed E-state index contributed by atoms with van der Waals surface area (Å²) in [6.07, 6.45) is 1.41. The molecule has 132 valence electrons. The summed E-state index contributed by atoms with van der Waals surface area (Å²) in [6.45, 7) is 3.46. The molecular weight excluding hydrogens is 311 g/mol. The van der Waals surface area contributed by atoms with Crippen molar-refractivity contribution >= 4 is 11.9 Å². The molecule has 1 aromatic carbocycles. The Morgan fingerprint density at radius 1 is 1.50 bits per heavy atom. The number of nitrogens with one attached hydrogen (secondary N) is 2. The minimum Gasteiger partial charge on any atom is -0.392 e. The maximum Gasteiger partial charge on any atom is 0.222 e. The summed E-state index contributed by atoms with van der Waals surface area (Å²) in [4.78, 5) is 17.8. The van der Waals surface area contributed by atoms with Crippen molar-refractivity contribution in [2.45, 2.75) is 39.0 Å². The maximum absolute atomic E-state index is 13.4. The normalized spacial score (nSPS) is 17.9. The van der Waals surface area contributed by atoms with Gasteiger partial charge in [0.25, 0.3) is 0 Å². The van der Waals surface area contributed by atoms with Gasteiger partial charge in [0, 0.05) is 44.7 Å². The fraction of sp³-hybridized carbons (Fsp3) is 0.529. The van der Waals surface area contributed by atoms with Gasteiger partial charge in [-0.25, -0.2) is 4.39 Å². The van der Waals surface area contributed by atoms with E-state index in [-0.39, 0.29) is 24.1 Å². The molecule has 0 bridgehead atoms. The van der Waals surface area contributed by atoms with Crippen molar-refractivity contribution in [1.82, 2.24) is 15.5 Å². The van der Waals surface area contributed by atoms with Crippen LogP contribution in [-0.4, -0.2) is 48.1 Å². The predicted octanol–water partition coefficient (Wildman–Crippen LogP) is 0.994. The highest BCUT2D eigenvalue weighted by Crippen LogP contribution is 2.12. The van der Waals surface area contributed by atoms with Crippen molar-refractivity contribution in [2.75, 3.05) is 20.1 Å². The largest absolute Gasteiger partial charge is 0.392 e. The second kappa shape index (κ2) is 8.63. The molecule has 1 amide bonds. The summed E-state index contributed by atoms with van der Waals surface area (Å²) in [7, 11) is 1.68. The predicted molar refractivity (Wildman–Crippen MR) is 90.9 cm³/mol. The van der Waals surface area contributed by atoms with E-state index < -0.39 is 5.82 Å². The molecule has 7 heteroatoms. The van der Waals surface area contributed by atoms with Crippen LogP contribution in [0.2, 0.25) is 0 Å². The van der Waals surface area contributed by atoms with Gasteiger partial charge in [0.2, 0.25) is 5.91 Å². The molecule has 24 heavy (non-hydrogen) atoms. The SMILES string of the molecule is CCC(=O)N1CCC(NC(=NC)NCc2ccc(F)c(CO)c2)C1. The smallest absolute Gasteiger partial charge is 0.222 e. The minimum absolute atomic E-state index is 0.171. The van der Waals surface area contributed by atoms with E-state index in [2.05, 4.69) is 15.6 Å². The zero-order valence-electron chi connectivity index (χ0n) is 14.2. The lowest BCUT2D eigenvalue weighted by Gasteiger charge is -2.19. The number of carbonyl (C=O) groups excluding carboxylic acids is 1. The van der Waals surface area contributed by atoms with Crippen LogP contribution in [-0.2, 0) is 17.9 Å². The number of amides is 1.